The fourth-order valence-electron chi connectivity index (χ4n) is 2.13. The Labute approximate surface area is 155 Å². The second-order valence-corrected chi connectivity index (χ2v) is 5.62. The number of amides is 1. The van der Waals surface area contributed by atoms with Gasteiger partial charge in [-0.05, 0) is 37.3 Å². The number of nitrogens with zero attached hydrogens (tertiary/aromatic N) is 2. The molecule has 3 N–H and O–H groups in total. The third-order valence-electron chi connectivity index (χ3n) is 3.79. The predicted octanol–water partition coefficient (Wildman–Crippen LogP) is 1.87. The highest BCUT2D eigenvalue weighted by Gasteiger charge is 2.14. The Hall–Kier alpha value is -2.38. The molecule has 0 aliphatic heterocycles. The molecule has 0 spiro atoms. The van der Waals surface area contributed by atoms with Gasteiger partial charge in [-0.15, -0.1) is 0 Å². The van der Waals surface area contributed by atoms with E-state index in [1.54, 1.807) is 12.1 Å². The molecule has 1 unspecified atom stereocenters. The van der Waals surface area contributed by atoms with E-state index < -0.39 is 18.0 Å². The van der Waals surface area contributed by atoms with Gasteiger partial charge in [-0.3, -0.25) is 4.79 Å². The van der Waals surface area contributed by atoms with Crippen LogP contribution in [0.1, 0.15) is 32.4 Å². The number of aliphatic hydroxyl groups excluding tert-OH is 1. The lowest BCUT2D eigenvalue weighted by Gasteiger charge is -2.19. The number of carboxylic acids is 1. The first-order valence-electron chi connectivity index (χ1n) is 8.60. The summed E-state index contributed by atoms with van der Waals surface area (Å²) in [4.78, 5) is 25.3. The van der Waals surface area contributed by atoms with E-state index in [1.165, 1.54) is 43.7 Å². The Morgan fingerprint density at radius 2 is 1.69 bits per heavy atom. The maximum absolute atomic E-state index is 11.5. The maximum atomic E-state index is 11.5. The average molecular weight is 366 g/mol. The summed E-state index contributed by atoms with van der Waals surface area (Å²) < 4.78 is 0. The fraction of sp³-hybridized carbons (Fsp3) is 0.474. The van der Waals surface area contributed by atoms with Crippen molar-refractivity contribution in [3.05, 3.63) is 42.0 Å². The lowest BCUT2D eigenvalue weighted by Crippen LogP contribution is -2.29. The highest BCUT2D eigenvalue weighted by atomic mass is 16.4. The van der Waals surface area contributed by atoms with Gasteiger partial charge < -0.3 is 25.1 Å². The minimum absolute atomic E-state index is 0.00769. The molecule has 0 fully saturated rings. The maximum Gasteiger partial charge on any atom is 0.328 e. The molecular formula is C19H30N2O5. The Morgan fingerprint density at radius 3 is 2.12 bits per heavy atom. The van der Waals surface area contributed by atoms with Crippen LogP contribution >= 0.6 is 0 Å². The molecule has 0 saturated heterocycles. The summed E-state index contributed by atoms with van der Waals surface area (Å²) in [5.74, 6) is -1.71. The molecule has 0 saturated carbocycles. The van der Waals surface area contributed by atoms with Crippen molar-refractivity contribution < 1.29 is 24.9 Å². The highest BCUT2D eigenvalue weighted by Crippen LogP contribution is 2.18. The lowest BCUT2D eigenvalue weighted by molar-refractivity contribution is -0.132. The molecular weight excluding hydrogens is 336 g/mol. The van der Waals surface area contributed by atoms with Crippen LogP contribution in [0.2, 0.25) is 0 Å². The van der Waals surface area contributed by atoms with E-state index in [2.05, 4.69) is 25.7 Å². The van der Waals surface area contributed by atoms with Crippen molar-refractivity contribution in [2.75, 3.05) is 33.2 Å². The number of hydrogen-bond acceptors (Lipinski definition) is 5. The molecule has 7 nitrogen and oxygen atoms in total. The molecule has 1 rings (SSSR count). The van der Waals surface area contributed by atoms with Crippen LogP contribution in [-0.4, -0.2) is 70.2 Å². The van der Waals surface area contributed by atoms with Crippen molar-refractivity contribution >= 4 is 11.9 Å². The number of phenolic OH excluding ortho intramolecular Hbond substituents is 1. The highest BCUT2D eigenvalue weighted by molar-refractivity contribution is 5.93. The number of benzene rings is 1. The van der Waals surface area contributed by atoms with Crippen molar-refractivity contribution in [3.63, 3.8) is 0 Å². The summed E-state index contributed by atoms with van der Waals surface area (Å²) >= 11 is 0. The normalized spacial score (nSPS) is 11.8. The Balaban J connectivity index is 0.000000758. The van der Waals surface area contributed by atoms with Crippen LogP contribution in [0, 0.1) is 0 Å². The number of carbonyl (C=O) groups is 2. The number of carboxylic acid groups (broad SMARTS) is 1. The smallest absolute Gasteiger partial charge is 0.328 e. The Kier molecular flexibility index (Phi) is 11.7. The summed E-state index contributed by atoms with van der Waals surface area (Å²) in [6, 6.07) is 6.08. The monoisotopic (exact) mass is 366 g/mol. The Morgan fingerprint density at radius 1 is 1.12 bits per heavy atom. The summed E-state index contributed by atoms with van der Waals surface area (Å²) in [6.07, 6.45) is 0.691. The number of aromatic hydroxyl groups is 1. The van der Waals surface area contributed by atoms with Crippen molar-refractivity contribution in [3.8, 4) is 5.75 Å². The van der Waals surface area contributed by atoms with E-state index in [1.807, 2.05) is 0 Å². The summed E-state index contributed by atoms with van der Waals surface area (Å²) in [5.41, 5.74) is 0.474. The van der Waals surface area contributed by atoms with Gasteiger partial charge >= 0.3 is 5.97 Å². The zero-order valence-corrected chi connectivity index (χ0v) is 15.9. The molecule has 0 aliphatic rings. The van der Waals surface area contributed by atoms with E-state index in [9.17, 15) is 19.8 Å². The topological polar surface area (TPSA) is 101 Å². The van der Waals surface area contributed by atoms with Gasteiger partial charge in [-0.1, -0.05) is 32.9 Å². The van der Waals surface area contributed by atoms with Crippen LogP contribution in [-0.2, 0) is 9.59 Å². The van der Waals surface area contributed by atoms with E-state index in [0.29, 0.717) is 5.56 Å². The molecule has 0 bridgehead atoms. The van der Waals surface area contributed by atoms with Gasteiger partial charge in [0, 0.05) is 19.2 Å². The predicted molar refractivity (Wildman–Crippen MR) is 101 cm³/mol. The number of phenols is 1. The molecule has 7 heteroatoms. The van der Waals surface area contributed by atoms with Gasteiger partial charge in [0.25, 0.3) is 0 Å². The van der Waals surface area contributed by atoms with Gasteiger partial charge in [0.1, 0.15) is 5.75 Å². The van der Waals surface area contributed by atoms with E-state index in [0.717, 1.165) is 12.2 Å². The zero-order valence-electron chi connectivity index (χ0n) is 15.9. The van der Waals surface area contributed by atoms with Crippen LogP contribution in [0.3, 0.4) is 0 Å². The first-order chi connectivity index (χ1) is 12.2. The standard InChI is InChI=1S/C13H15NO5.C6H15N/c1-14(12(17)5-6-13(18)19)8-11(16)9-3-2-4-10(15)7-9;1-4-7(5-2)6-3/h2-7,11,15-16H,8H2,1H3,(H,18,19);4-6H2,1-3H3/b6-5-;. The molecule has 26 heavy (non-hydrogen) atoms. The lowest BCUT2D eigenvalue weighted by atomic mass is 10.1. The van der Waals surface area contributed by atoms with Gasteiger partial charge in [-0.2, -0.15) is 0 Å². The second-order valence-electron chi connectivity index (χ2n) is 5.62. The van der Waals surface area contributed by atoms with Crippen molar-refractivity contribution in [2.45, 2.75) is 26.9 Å². The minimum atomic E-state index is -1.21. The van der Waals surface area contributed by atoms with Crippen LogP contribution in [0.5, 0.6) is 5.75 Å². The quantitative estimate of drug-likeness (QED) is 0.607. The molecule has 1 amide bonds. The van der Waals surface area contributed by atoms with Crippen molar-refractivity contribution in [2.24, 2.45) is 0 Å². The molecule has 0 aromatic heterocycles. The van der Waals surface area contributed by atoms with Crippen LogP contribution in [0.4, 0.5) is 0 Å². The van der Waals surface area contributed by atoms with Crippen molar-refractivity contribution in [1.29, 1.82) is 0 Å². The first kappa shape index (κ1) is 23.6. The van der Waals surface area contributed by atoms with Gasteiger partial charge in [0.05, 0.1) is 12.6 Å². The number of carbonyl (C=O) groups excluding carboxylic acids is 1. The Bertz CT molecular complexity index is 580. The second kappa shape index (κ2) is 12.9. The number of aliphatic carboxylic acids is 1. The summed E-state index contributed by atoms with van der Waals surface area (Å²) in [5, 5.41) is 27.6. The third-order valence-corrected chi connectivity index (χ3v) is 3.79. The number of rotatable bonds is 8. The number of aliphatic hydroxyl groups is 1. The molecule has 146 valence electrons. The molecule has 0 heterocycles. The number of hydrogen-bond donors (Lipinski definition) is 3. The van der Waals surface area contributed by atoms with Gasteiger partial charge in [0.15, 0.2) is 0 Å². The van der Waals surface area contributed by atoms with Crippen molar-refractivity contribution in [1.82, 2.24) is 9.80 Å². The average Bonchev–Trinajstić information content (AvgIpc) is 2.61. The summed E-state index contributed by atoms with van der Waals surface area (Å²) in [6.45, 7) is 10.1. The molecule has 0 aliphatic carbocycles. The first-order valence-corrected chi connectivity index (χ1v) is 8.60. The van der Waals surface area contributed by atoms with Crippen LogP contribution in [0.15, 0.2) is 36.4 Å². The minimum Gasteiger partial charge on any atom is -0.508 e. The molecule has 1 aromatic carbocycles. The number of likely N-dealkylation sites (N-methyl/N-ethyl adjacent to an activating group) is 1. The summed E-state index contributed by atoms with van der Waals surface area (Å²) in [7, 11) is 1.44. The van der Waals surface area contributed by atoms with E-state index >= 15 is 0 Å². The SMILES string of the molecule is CCN(CC)CC.CN(CC(O)c1cccc(O)c1)C(=O)/C=C\C(=O)O. The third kappa shape index (κ3) is 9.80. The van der Waals surface area contributed by atoms with E-state index in [4.69, 9.17) is 5.11 Å². The largest absolute Gasteiger partial charge is 0.508 e. The van der Waals surface area contributed by atoms with Crippen LogP contribution in [0.25, 0.3) is 0 Å². The van der Waals surface area contributed by atoms with E-state index in [-0.39, 0.29) is 12.3 Å². The van der Waals surface area contributed by atoms with Gasteiger partial charge in [-0.25, -0.2) is 4.79 Å². The molecule has 0 radical (unpaired) electrons. The van der Waals surface area contributed by atoms with Crippen LogP contribution < -0.4 is 0 Å². The zero-order chi connectivity index (χ0) is 20.1. The fourth-order valence-corrected chi connectivity index (χ4v) is 2.13. The molecule has 1 atom stereocenters. The van der Waals surface area contributed by atoms with Gasteiger partial charge in [0.2, 0.25) is 5.91 Å². The molecule has 1 aromatic rings.